The maximum Gasteiger partial charge on any atom is 0.303 e. The van der Waals surface area contributed by atoms with Gasteiger partial charge in [-0.2, -0.15) is 0 Å². The van der Waals surface area contributed by atoms with Gasteiger partial charge in [0.15, 0.2) is 0 Å². The minimum atomic E-state index is -3.94. The molecule has 0 saturated heterocycles. The number of aliphatic hydroxyl groups excluding tert-OH is 1. The minimum Gasteiger partial charge on any atom is -0.502 e. The quantitative estimate of drug-likeness (QED) is 0.471. The number of benzene rings is 2. The molecule has 0 aromatic heterocycles. The summed E-state index contributed by atoms with van der Waals surface area (Å²) < 4.78 is 51.1. The lowest BCUT2D eigenvalue weighted by atomic mass is 10.2. The standard InChI is InChI=1S/C13H15NO4S.C11H17NO2S/c1-2-3-9-14-13(16)11(15)12(19(14,17)18)10-7-5-4-6-8-10;1-2-3-9-12-15(13,14)10-11-7-5-4-6-8-11/h4-8,15H,2-3,9H2,1H3;4-8,12H,2-3,9-10H2,1H3. The van der Waals surface area contributed by atoms with Gasteiger partial charge in [-0.1, -0.05) is 87.4 Å². The van der Waals surface area contributed by atoms with Gasteiger partial charge in [0.25, 0.3) is 10.0 Å². The van der Waals surface area contributed by atoms with E-state index >= 15 is 0 Å². The van der Waals surface area contributed by atoms with Crippen LogP contribution in [0.1, 0.15) is 50.7 Å². The Morgan fingerprint density at radius 1 is 0.912 bits per heavy atom. The van der Waals surface area contributed by atoms with E-state index < -0.39 is 31.7 Å². The predicted octanol–water partition coefficient (Wildman–Crippen LogP) is 3.79. The Hall–Kier alpha value is -2.69. The zero-order chi connectivity index (χ0) is 25.2. The molecule has 0 unspecified atom stereocenters. The van der Waals surface area contributed by atoms with Crippen LogP contribution in [0, 0.1) is 0 Å². The fourth-order valence-corrected chi connectivity index (χ4v) is 6.05. The molecule has 2 aromatic rings. The molecular weight excluding hydrogens is 476 g/mol. The largest absolute Gasteiger partial charge is 0.502 e. The van der Waals surface area contributed by atoms with Crippen molar-refractivity contribution in [1.82, 2.24) is 9.03 Å². The molecule has 3 rings (SSSR count). The molecule has 0 spiro atoms. The molecule has 0 atom stereocenters. The van der Waals surface area contributed by atoms with Crippen LogP contribution in [0.4, 0.5) is 0 Å². The molecule has 1 amide bonds. The highest BCUT2D eigenvalue weighted by Gasteiger charge is 2.44. The van der Waals surface area contributed by atoms with Crippen LogP contribution in [0.2, 0.25) is 0 Å². The van der Waals surface area contributed by atoms with E-state index in [-0.39, 0.29) is 17.2 Å². The average Bonchev–Trinajstić information content (AvgIpc) is 2.97. The van der Waals surface area contributed by atoms with Crippen LogP contribution in [0.3, 0.4) is 0 Å². The van der Waals surface area contributed by atoms with Gasteiger partial charge >= 0.3 is 5.91 Å². The molecule has 0 radical (unpaired) electrons. The molecule has 8 nitrogen and oxygen atoms in total. The van der Waals surface area contributed by atoms with Crippen LogP contribution in [0.5, 0.6) is 0 Å². The van der Waals surface area contributed by atoms with Crippen LogP contribution in [-0.2, 0) is 30.6 Å². The van der Waals surface area contributed by atoms with E-state index in [9.17, 15) is 26.7 Å². The van der Waals surface area contributed by atoms with Gasteiger partial charge in [-0.05, 0) is 24.0 Å². The van der Waals surface area contributed by atoms with E-state index in [1.807, 2.05) is 44.2 Å². The normalized spacial score (nSPS) is 15.2. The summed E-state index contributed by atoms with van der Waals surface area (Å²) in [6.07, 6.45) is 3.21. The van der Waals surface area contributed by atoms with E-state index in [0.717, 1.165) is 29.1 Å². The topological polar surface area (TPSA) is 121 Å². The van der Waals surface area contributed by atoms with Crippen molar-refractivity contribution in [2.75, 3.05) is 13.1 Å². The van der Waals surface area contributed by atoms with Crippen LogP contribution in [0.15, 0.2) is 66.4 Å². The van der Waals surface area contributed by atoms with E-state index in [1.165, 1.54) is 0 Å². The molecule has 1 heterocycles. The van der Waals surface area contributed by atoms with Crippen molar-refractivity contribution in [3.8, 4) is 0 Å². The van der Waals surface area contributed by atoms with Crippen molar-refractivity contribution in [2.24, 2.45) is 0 Å². The first-order chi connectivity index (χ1) is 16.1. The summed E-state index contributed by atoms with van der Waals surface area (Å²) in [6.45, 7) is 4.56. The van der Waals surface area contributed by atoms with E-state index in [4.69, 9.17) is 0 Å². The van der Waals surface area contributed by atoms with Crippen LogP contribution < -0.4 is 4.72 Å². The summed E-state index contributed by atoms with van der Waals surface area (Å²) >= 11 is 0. The van der Waals surface area contributed by atoms with E-state index in [2.05, 4.69) is 4.72 Å². The third-order valence-electron chi connectivity index (χ3n) is 4.99. The molecule has 0 aliphatic carbocycles. The van der Waals surface area contributed by atoms with Gasteiger partial charge in [-0.15, -0.1) is 0 Å². The number of unbranched alkanes of at least 4 members (excludes halogenated alkanes) is 2. The third-order valence-corrected chi connectivity index (χ3v) is 8.23. The van der Waals surface area contributed by atoms with Crippen LogP contribution >= 0.6 is 0 Å². The average molecular weight is 509 g/mol. The SMILES string of the molecule is CCCCN1C(=O)C(O)=C(c2ccccc2)S1(=O)=O.CCCCNS(=O)(=O)Cc1ccccc1. The number of nitrogens with zero attached hydrogens (tertiary/aromatic N) is 1. The first kappa shape index (κ1) is 27.6. The maximum atomic E-state index is 12.3. The molecule has 1 aliphatic heterocycles. The second kappa shape index (κ2) is 12.7. The molecule has 34 heavy (non-hydrogen) atoms. The summed E-state index contributed by atoms with van der Waals surface area (Å²) in [6, 6.07) is 17.4. The lowest BCUT2D eigenvalue weighted by Gasteiger charge is -2.15. The van der Waals surface area contributed by atoms with Gasteiger partial charge in [-0.25, -0.2) is 25.9 Å². The number of aliphatic hydroxyl groups is 1. The molecule has 0 bridgehead atoms. The smallest absolute Gasteiger partial charge is 0.303 e. The third kappa shape index (κ3) is 7.41. The van der Waals surface area contributed by atoms with Crippen molar-refractivity contribution >= 4 is 30.9 Å². The molecule has 2 N–H and O–H groups in total. The Morgan fingerprint density at radius 3 is 2.03 bits per heavy atom. The van der Waals surface area contributed by atoms with Crippen LogP contribution in [0.25, 0.3) is 4.91 Å². The van der Waals surface area contributed by atoms with Crippen molar-refractivity contribution in [3.05, 3.63) is 77.5 Å². The Bertz CT molecular complexity index is 1180. The summed E-state index contributed by atoms with van der Waals surface area (Å²) in [5.74, 6) is -1.47. The van der Waals surface area contributed by atoms with Gasteiger partial charge in [0, 0.05) is 13.1 Å². The fraction of sp³-hybridized carbons (Fsp3) is 0.375. The van der Waals surface area contributed by atoms with Crippen molar-refractivity contribution in [3.63, 3.8) is 0 Å². The number of nitrogens with one attached hydrogen (secondary N) is 1. The summed E-state index contributed by atoms with van der Waals surface area (Å²) in [5.41, 5.74) is 1.15. The van der Waals surface area contributed by atoms with Crippen molar-refractivity contribution < 1.29 is 26.7 Å². The summed E-state index contributed by atoms with van der Waals surface area (Å²) in [4.78, 5) is 11.6. The van der Waals surface area contributed by atoms with Gasteiger partial charge in [-0.3, -0.25) is 4.79 Å². The predicted molar refractivity (Wildman–Crippen MR) is 134 cm³/mol. The minimum absolute atomic E-state index is 0.0670. The molecule has 1 aliphatic rings. The zero-order valence-electron chi connectivity index (χ0n) is 19.5. The molecule has 2 aromatic carbocycles. The lowest BCUT2D eigenvalue weighted by Crippen LogP contribution is -2.32. The Balaban J connectivity index is 0.000000248. The molecule has 10 heteroatoms. The Kier molecular flexibility index (Phi) is 10.3. The molecule has 0 fully saturated rings. The van der Waals surface area contributed by atoms with Crippen molar-refractivity contribution in [2.45, 2.75) is 45.3 Å². The fourth-order valence-electron chi connectivity index (χ4n) is 3.20. The number of carbonyl (C=O) groups excluding carboxylic acids is 1. The second-order valence-electron chi connectivity index (χ2n) is 7.77. The molecule has 186 valence electrons. The Labute approximate surface area is 202 Å². The highest BCUT2D eigenvalue weighted by Crippen LogP contribution is 2.34. The molecule has 0 saturated carbocycles. The van der Waals surface area contributed by atoms with Gasteiger partial charge < -0.3 is 5.11 Å². The highest BCUT2D eigenvalue weighted by atomic mass is 32.2. The van der Waals surface area contributed by atoms with E-state index in [1.54, 1.807) is 30.3 Å². The number of rotatable bonds is 10. The second-order valence-corrected chi connectivity index (χ2v) is 11.4. The Morgan fingerprint density at radius 2 is 1.47 bits per heavy atom. The number of sulfonamides is 2. The summed E-state index contributed by atoms with van der Waals surface area (Å²) in [7, 11) is -7.10. The zero-order valence-corrected chi connectivity index (χ0v) is 21.1. The maximum absolute atomic E-state index is 12.3. The number of carbonyl (C=O) groups is 1. The number of hydrogen-bond donors (Lipinski definition) is 2. The van der Waals surface area contributed by atoms with Gasteiger partial charge in [0.2, 0.25) is 15.8 Å². The lowest BCUT2D eigenvalue weighted by molar-refractivity contribution is -0.124. The molecular formula is C24H32N2O6S2. The monoisotopic (exact) mass is 508 g/mol. The van der Waals surface area contributed by atoms with Crippen molar-refractivity contribution in [1.29, 1.82) is 0 Å². The highest BCUT2D eigenvalue weighted by molar-refractivity contribution is 7.99. The van der Waals surface area contributed by atoms with Crippen LogP contribution in [-0.4, -0.2) is 45.2 Å². The summed E-state index contributed by atoms with van der Waals surface area (Å²) in [5, 5.41) is 9.83. The van der Waals surface area contributed by atoms with Gasteiger partial charge in [0.1, 0.15) is 4.91 Å². The number of hydrogen-bond acceptors (Lipinski definition) is 6. The first-order valence-corrected chi connectivity index (χ1v) is 14.3. The van der Waals surface area contributed by atoms with E-state index in [0.29, 0.717) is 18.5 Å². The van der Waals surface area contributed by atoms with Gasteiger partial charge in [0.05, 0.1) is 5.75 Å². The first-order valence-electron chi connectivity index (χ1n) is 11.2. The number of amides is 1.